The molecule has 0 fully saturated rings. The molecule has 15 heteroatoms. The molecule has 0 unspecified atom stereocenters. The predicted molar refractivity (Wildman–Crippen MR) is 200 cm³/mol. The fourth-order valence-electron chi connectivity index (χ4n) is 4.83. The average molecular weight is 754 g/mol. The Morgan fingerprint density at radius 3 is 1.67 bits per heavy atom. The Hall–Kier alpha value is -5.38. The summed E-state index contributed by atoms with van der Waals surface area (Å²) >= 11 is 6.39. The molecule has 0 aliphatic rings. The van der Waals surface area contributed by atoms with Gasteiger partial charge in [0.25, 0.3) is 0 Å². The van der Waals surface area contributed by atoms with Gasteiger partial charge in [-0.25, -0.2) is 29.5 Å². The van der Waals surface area contributed by atoms with E-state index in [1.165, 1.54) is 29.0 Å². The van der Waals surface area contributed by atoms with E-state index in [9.17, 15) is 9.59 Å². The van der Waals surface area contributed by atoms with E-state index in [0.29, 0.717) is 23.4 Å². The number of nitrogens with zero attached hydrogens (tertiary/aromatic N) is 6. The molecule has 0 bridgehead atoms. The summed E-state index contributed by atoms with van der Waals surface area (Å²) in [6.45, 7) is 4.86. The number of pyridine rings is 2. The fourth-order valence-corrected chi connectivity index (χ4v) is 7.23. The first-order valence-electron chi connectivity index (χ1n) is 15.1. The summed E-state index contributed by atoms with van der Waals surface area (Å²) in [5.74, 6) is 0. The normalized spacial score (nSPS) is 10.7. The second-order valence-corrected chi connectivity index (χ2v) is 13.2. The van der Waals surface area contributed by atoms with Crippen LogP contribution in [-0.4, -0.2) is 55.1 Å². The Morgan fingerprint density at radius 1 is 0.653 bits per heavy atom. The van der Waals surface area contributed by atoms with Gasteiger partial charge in [-0.1, -0.05) is 50.7 Å². The van der Waals surface area contributed by atoms with E-state index in [4.69, 9.17) is 0 Å². The number of halogens is 1. The molecule has 0 saturated carbocycles. The molecule has 0 atom stereocenters. The lowest BCUT2D eigenvalue weighted by Gasteiger charge is -2.06. The Labute approximate surface area is 297 Å². The predicted octanol–water partition coefficient (Wildman–Crippen LogP) is 8.22. The molecule has 0 aliphatic carbocycles. The zero-order valence-electron chi connectivity index (χ0n) is 26.3. The van der Waals surface area contributed by atoms with E-state index in [0.717, 1.165) is 58.3 Å². The van der Waals surface area contributed by atoms with Gasteiger partial charge in [-0.2, -0.15) is 0 Å². The molecule has 4 N–H and O–H groups in total. The molecule has 49 heavy (non-hydrogen) atoms. The molecule has 4 amide bonds. The summed E-state index contributed by atoms with van der Waals surface area (Å²) in [6, 6.07) is 15.3. The minimum atomic E-state index is -0.267. The first-order valence-corrected chi connectivity index (χ1v) is 17.5. The number of amides is 4. The third kappa shape index (κ3) is 8.20. The Bertz CT molecular complexity index is 2220. The number of aromatic nitrogens is 6. The molecule has 7 aromatic rings. The van der Waals surface area contributed by atoms with Crippen LogP contribution in [-0.2, 0) is 0 Å². The van der Waals surface area contributed by atoms with Crippen LogP contribution in [0.15, 0.2) is 96.5 Å². The van der Waals surface area contributed by atoms with Gasteiger partial charge in [-0.05, 0) is 55.8 Å². The largest absolute Gasteiger partial charge is 0.338 e. The van der Waals surface area contributed by atoms with E-state index < -0.39 is 0 Å². The summed E-state index contributed by atoms with van der Waals surface area (Å²) in [5, 5.41) is 12.1. The van der Waals surface area contributed by atoms with Crippen molar-refractivity contribution < 1.29 is 9.59 Å². The number of thiazole rings is 2. The number of carbonyl (C=O) groups excluding carboxylic acids is 2. The summed E-state index contributed by atoms with van der Waals surface area (Å²) in [7, 11) is 0. The van der Waals surface area contributed by atoms with Gasteiger partial charge in [-0.3, -0.25) is 20.6 Å². The van der Waals surface area contributed by atoms with Crippen molar-refractivity contribution in [3.05, 3.63) is 96.5 Å². The van der Waals surface area contributed by atoms with Crippen LogP contribution in [0.3, 0.4) is 0 Å². The average Bonchev–Trinajstić information content (AvgIpc) is 3.72. The maximum Gasteiger partial charge on any atom is 0.321 e. The summed E-state index contributed by atoms with van der Waals surface area (Å²) in [6.07, 6.45) is 12.1. The van der Waals surface area contributed by atoms with Crippen molar-refractivity contribution in [2.24, 2.45) is 0 Å². The van der Waals surface area contributed by atoms with Crippen molar-refractivity contribution in [2.75, 3.05) is 23.7 Å². The van der Waals surface area contributed by atoms with E-state index >= 15 is 0 Å². The van der Waals surface area contributed by atoms with Crippen molar-refractivity contribution in [1.29, 1.82) is 0 Å². The number of anilines is 2. The lowest BCUT2D eigenvalue weighted by molar-refractivity contribution is 0.251. The number of hydrogen-bond donors (Lipinski definition) is 4. The fraction of sp³-hybridized carbons (Fsp3) is 0.118. The van der Waals surface area contributed by atoms with Gasteiger partial charge in [-0.15, -0.1) is 0 Å². The highest BCUT2D eigenvalue weighted by molar-refractivity contribution is 9.10. The van der Waals surface area contributed by atoms with Crippen LogP contribution >= 0.6 is 38.6 Å². The highest BCUT2D eigenvalue weighted by atomic mass is 79.9. The van der Waals surface area contributed by atoms with Gasteiger partial charge >= 0.3 is 12.1 Å². The standard InChI is InChI=1S/C19H16N6OS.C15H13BrN4OS/c1-2-23-18(26)25-19-24-16-7-13(14-9-21-11-22-10-14)6-15(17(16)27-19)12-4-3-5-20-8-12;1-2-18-14(21)20-15-19-12-7-10(16)6-11(13(12)22-15)9-4-3-5-17-8-9/h3-11H,2H2,1H3,(H2,23,24,25,26);3-8H,2H2,1H3,(H2,18,19,20,21). The van der Waals surface area contributed by atoms with Gasteiger partial charge in [0.05, 0.1) is 20.4 Å². The molecular weight excluding hydrogens is 724 g/mol. The molecule has 246 valence electrons. The Balaban J connectivity index is 0.000000174. The molecule has 5 heterocycles. The molecule has 0 spiro atoms. The van der Waals surface area contributed by atoms with Crippen molar-refractivity contribution in [2.45, 2.75) is 13.8 Å². The maximum atomic E-state index is 11.9. The van der Waals surface area contributed by atoms with Crippen molar-refractivity contribution in [1.82, 2.24) is 40.5 Å². The van der Waals surface area contributed by atoms with Crippen LogP contribution in [0.5, 0.6) is 0 Å². The second-order valence-electron chi connectivity index (χ2n) is 10.3. The third-order valence-corrected chi connectivity index (χ3v) is 9.40. The summed E-state index contributed by atoms with van der Waals surface area (Å²) in [4.78, 5) is 49.2. The van der Waals surface area contributed by atoms with Crippen molar-refractivity contribution in [3.63, 3.8) is 0 Å². The quantitative estimate of drug-likeness (QED) is 0.127. The topological polar surface area (TPSA) is 160 Å². The zero-order valence-corrected chi connectivity index (χ0v) is 29.5. The SMILES string of the molecule is CCNC(=O)Nc1nc2cc(-c3cncnc3)cc(-c3cccnc3)c2s1.CCNC(=O)Nc1nc2cc(Br)cc(-c3cccnc3)c2s1. The van der Waals surface area contributed by atoms with Gasteiger partial charge < -0.3 is 10.6 Å². The van der Waals surface area contributed by atoms with E-state index in [2.05, 4.69) is 73.2 Å². The van der Waals surface area contributed by atoms with Crippen molar-refractivity contribution >= 4 is 81.4 Å². The second kappa shape index (κ2) is 15.7. The molecule has 5 aromatic heterocycles. The van der Waals surface area contributed by atoms with Crippen LogP contribution in [0.1, 0.15) is 13.8 Å². The zero-order chi connectivity index (χ0) is 34.2. The minimum Gasteiger partial charge on any atom is -0.338 e. The first-order chi connectivity index (χ1) is 23.9. The number of fused-ring (bicyclic) bond motifs is 2. The van der Waals surface area contributed by atoms with Crippen LogP contribution in [0, 0.1) is 0 Å². The van der Waals surface area contributed by atoms with E-state index in [1.807, 2.05) is 68.7 Å². The van der Waals surface area contributed by atoms with Crippen LogP contribution in [0.4, 0.5) is 19.9 Å². The number of hydrogen-bond acceptors (Lipinski definition) is 10. The van der Waals surface area contributed by atoms with Gasteiger partial charge in [0.1, 0.15) is 6.33 Å². The number of benzene rings is 2. The monoisotopic (exact) mass is 752 g/mol. The molecule has 2 aromatic carbocycles. The number of rotatable bonds is 7. The van der Waals surface area contributed by atoms with E-state index in [-0.39, 0.29) is 12.1 Å². The molecule has 0 aliphatic heterocycles. The smallest absolute Gasteiger partial charge is 0.321 e. The summed E-state index contributed by atoms with van der Waals surface area (Å²) in [5.41, 5.74) is 7.53. The molecular formula is C34H29BrN10O2S2. The van der Waals surface area contributed by atoms with Crippen LogP contribution in [0.25, 0.3) is 53.8 Å². The van der Waals surface area contributed by atoms with Crippen molar-refractivity contribution in [3.8, 4) is 33.4 Å². The lowest BCUT2D eigenvalue weighted by Crippen LogP contribution is -2.28. The highest BCUT2D eigenvalue weighted by Crippen LogP contribution is 2.39. The molecule has 0 radical (unpaired) electrons. The van der Waals surface area contributed by atoms with Crippen LogP contribution < -0.4 is 21.3 Å². The van der Waals surface area contributed by atoms with Crippen LogP contribution in [0.2, 0.25) is 0 Å². The molecule has 0 saturated heterocycles. The number of carbonyl (C=O) groups is 2. The molecule has 7 rings (SSSR count). The molecule has 12 nitrogen and oxygen atoms in total. The van der Waals surface area contributed by atoms with E-state index in [1.54, 1.807) is 24.8 Å². The van der Waals surface area contributed by atoms with Gasteiger partial charge in [0.15, 0.2) is 10.3 Å². The lowest BCUT2D eigenvalue weighted by atomic mass is 10.0. The summed E-state index contributed by atoms with van der Waals surface area (Å²) < 4.78 is 2.94. The first kappa shape index (κ1) is 33.5. The third-order valence-electron chi connectivity index (χ3n) is 6.90. The Kier molecular flexibility index (Phi) is 10.7. The Morgan fingerprint density at radius 2 is 1.16 bits per heavy atom. The maximum absolute atomic E-state index is 11.9. The highest BCUT2D eigenvalue weighted by Gasteiger charge is 2.15. The van der Waals surface area contributed by atoms with Gasteiger partial charge in [0.2, 0.25) is 0 Å². The number of nitrogens with one attached hydrogen (secondary N) is 4. The van der Waals surface area contributed by atoms with Gasteiger partial charge in [0, 0.05) is 82.6 Å². The minimum absolute atomic E-state index is 0.247. The number of urea groups is 2.